The van der Waals surface area contributed by atoms with Gasteiger partial charge in [0, 0.05) is 12.8 Å². The highest BCUT2D eigenvalue weighted by molar-refractivity contribution is 5.76. The maximum atomic E-state index is 12.5. The zero-order chi connectivity index (χ0) is 45.1. The van der Waals surface area contributed by atoms with E-state index in [2.05, 4.69) is 67.8 Å². The molecule has 1 amide bonds. The molecule has 0 fully saturated rings. The Morgan fingerprint density at radius 3 is 1.29 bits per heavy atom. The van der Waals surface area contributed by atoms with E-state index in [0.29, 0.717) is 25.9 Å². The predicted octanol–water partition coefficient (Wildman–Crippen LogP) is 16.2. The number of esters is 1. The normalized spacial score (nSPS) is 13.0. The minimum atomic E-state index is -0.676. The van der Waals surface area contributed by atoms with E-state index in [1.807, 2.05) is 0 Å². The van der Waals surface area contributed by atoms with E-state index in [4.69, 9.17) is 4.74 Å². The molecule has 0 aromatic heterocycles. The number of aliphatic hydroxyl groups excluding tert-OH is 2. The predicted molar refractivity (Wildman–Crippen MR) is 269 cm³/mol. The first kappa shape index (κ1) is 59.8. The molecule has 362 valence electrons. The van der Waals surface area contributed by atoms with E-state index in [1.165, 1.54) is 141 Å². The number of unbranched alkanes of at least 4 members (excludes halogenated alkanes) is 30. The number of nitrogens with one attached hydrogen (secondary N) is 1. The Bertz CT molecular complexity index is 1050. The van der Waals surface area contributed by atoms with Crippen molar-refractivity contribution in [2.75, 3.05) is 13.2 Å². The quantitative estimate of drug-likeness (QED) is 0.0322. The highest BCUT2D eigenvalue weighted by atomic mass is 16.5. The van der Waals surface area contributed by atoms with Crippen molar-refractivity contribution in [1.29, 1.82) is 0 Å². The van der Waals surface area contributed by atoms with Gasteiger partial charge in [-0.2, -0.15) is 0 Å². The van der Waals surface area contributed by atoms with Crippen LogP contribution in [-0.2, 0) is 14.3 Å². The molecule has 0 spiro atoms. The van der Waals surface area contributed by atoms with Gasteiger partial charge in [-0.25, -0.2) is 0 Å². The largest absolute Gasteiger partial charge is 0.466 e. The average Bonchev–Trinajstić information content (AvgIpc) is 3.27. The maximum absolute atomic E-state index is 12.5. The Labute approximate surface area is 385 Å². The van der Waals surface area contributed by atoms with E-state index >= 15 is 0 Å². The monoisotopic (exact) mass is 870 g/mol. The fraction of sp³-hybridized carbons (Fsp3) is 0.821. The number of amides is 1. The number of hydrogen-bond acceptors (Lipinski definition) is 5. The second kappa shape index (κ2) is 51.5. The lowest BCUT2D eigenvalue weighted by Gasteiger charge is -2.22. The van der Waals surface area contributed by atoms with Gasteiger partial charge in [-0.3, -0.25) is 9.59 Å². The lowest BCUT2D eigenvalue weighted by atomic mass is 10.0. The molecule has 0 aromatic rings. The van der Waals surface area contributed by atoms with Crippen LogP contribution in [0.5, 0.6) is 0 Å². The molecule has 3 N–H and O–H groups in total. The fourth-order valence-corrected chi connectivity index (χ4v) is 7.94. The minimum absolute atomic E-state index is 0.0315. The van der Waals surface area contributed by atoms with Crippen molar-refractivity contribution < 1.29 is 24.5 Å². The molecule has 0 saturated carbocycles. The summed E-state index contributed by atoms with van der Waals surface area (Å²) in [6.07, 6.45) is 63.7. The summed E-state index contributed by atoms with van der Waals surface area (Å²) >= 11 is 0. The molecule has 62 heavy (non-hydrogen) atoms. The second-order valence-corrected chi connectivity index (χ2v) is 18.2. The van der Waals surface area contributed by atoms with Crippen molar-refractivity contribution in [3.63, 3.8) is 0 Å². The van der Waals surface area contributed by atoms with E-state index in [-0.39, 0.29) is 18.5 Å². The molecule has 2 atom stereocenters. The van der Waals surface area contributed by atoms with Crippen LogP contribution in [0.1, 0.15) is 271 Å². The summed E-state index contributed by atoms with van der Waals surface area (Å²) in [7, 11) is 0. The van der Waals surface area contributed by atoms with Gasteiger partial charge in [0.25, 0.3) is 0 Å². The van der Waals surface area contributed by atoms with E-state index in [1.54, 1.807) is 0 Å². The highest BCUT2D eigenvalue weighted by Gasteiger charge is 2.20. The Kier molecular flexibility index (Phi) is 49.6. The smallest absolute Gasteiger partial charge is 0.305 e. The first-order chi connectivity index (χ1) is 30.5. The van der Waals surface area contributed by atoms with Crippen molar-refractivity contribution in [3.05, 3.63) is 48.6 Å². The van der Waals surface area contributed by atoms with Gasteiger partial charge in [0.2, 0.25) is 5.91 Å². The molecule has 0 radical (unpaired) electrons. The van der Waals surface area contributed by atoms with Gasteiger partial charge in [0.05, 0.1) is 25.4 Å². The standard InChI is InChI=1S/C56H103NO5/c1-3-5-7-9-11-13-15-17-21-25-28-32-36-40-44-48-54(59)53(52-58)57-55(60)49-45-41-37-33-29-26-22-19-18-20-23-27-31-35-39-43-47-51-62-56(61)50-46-42-38-34-30-24-16-14-12-10-8-6-4-2/h8,10,14,16,18,20,27,31,53-54,58-59H,3-7,9,11-13,15,17,19,21-26,28-30,32-52H2,1-2H3,(H,57,60)/b10-8-,16-14-,20-18-,31-27-. The molecule has 0 aromatic carbocycles. The lowest BCUT2D eigenvalue weighted by molar-refractivity contribution is -0.143. The van der Waals surface area contributed by atoms with Crippen molar-refractivity contribution in [3.8, 4) is 0 Å². The van der Waals surface area contributed by atoms with Crippen LogP contribution in [0, 0.1) is 0 Å². The summed E-state index contributed by atoms with van der Waals surface area (Å²) in [6, 6.07) is -0.554. The molecule has 0 aliphatic heterocycles. The molecule has 0 saturated heterocycles. The maximum Gasteiger partial charge on any atom is 0.305 e. The molecule has 0 rings (SSSR count). The number of carbonyl (C=O) groups is 2. The SMILES string of the molecule is CCC/C=C\C/C=C\CCCCCCCC(=O)OCCCCC/C=C\C/C=C\CCCCCCCCCC(=O)NC(CO)C(O)CCCCCCCCCCCCCCCCC. The van der Waals surface area contributed by atoms with Gasteiger partial charge in [0.1, 0.15) is 0 Å². The van der Waals surface area contributed by atoms with Gasteiger partial charge in [-0.05, 0) is 89.9 Å². The summed E-state index contributed by atoms with van der Waals surface area (Å²) in [4.78, 5) is 24.4. The molecule has 0 bridgehead atoms. The molecule has 2 unspecified atom stereocenters. The Morgan fingerprint density at radius 1 is 0.452 bits per heavy atom. The van der Waals surface area contributed by atoms with Crippen LogP contribution in [0.15, 0.2) is 48.6 Å². The van der Waals surface area contributed by atoms with Gasteiger partial charge in [0.15, 0.2) is 0 Å². The number of ether oxygens (including phenoxy) is 1. The van der Waals surface area contributed by atoms with Crippen LogP contribution in [-0.4, -0.2) is 47.4 Å². The third-order valence-electron chi connectivity index (χ3n) is 12.1. The summed E-state index contributed by atoms with van der Waals surface area (Å²) in [5.41, 5.74) is 0. The summed E-state index contributed by atoms with van der Waals surface area (Å²) in [5.74, 6) is -0.0835. The molecule has 0 heterocycles. The summed E-state index contributed by atoms with van der Waals surface area (Å²) in [6.45, 7) is 4.83. The number of allylic oxidation sites excluding steroid dienone is 8. The third kappa shape index (κ3) is 47.3. The van der Waals surface area contributed by atoms with Crippen LogP contribution in [0.4, 0.5) is 0 Å². The van der Waals surface area contributed by atoms with Crippen LogP contribution < -0.4 is 5.32 Å². The Hall–Kier alpha value is -2.18. The average molecular weight is 870 g/mol. The molecule has 6 heteroatoms. The topological polar surface area (TPSA) is 95.9 Å². The van der Waals surface area contributed by atoms with Crippen molar-refractivity contribution >= 4 is 11.9 Å². The van der Waals surface area contributed by atoms with Crippen molar-refractivity contribution in [2.24, 2.45) is 0 Å². The molecule has 0 aliphatic rings. The van der Waals surface area contributed by atoms with Crippen LogP contribution >= 0.6 is 0 Å². The highest BCUT2D eigenvalue weighted by Crippen LogP contribution is 2.16. The summed E-state index contributed by atoms with van der Waals surface area (Å²) < 4.78 is 5.43. The number of aliphatic hydroxyl groups is 2. The van der Waals surface area contributed by atoms with Gasteiger partial charge < -0.3 is 20.3 Å². The summed E-state index contributed by atoms with van der Waals surface area (Å²) in [5, 5.41) is 23.2. The number of rotatable bonds is 49. The van der Waals surface area contributed by atoms with Gasteiger partial charge in [-0.15, -0.1) is 0 Å². The van der Waals surface area contributed by atoms with E-state index < -0.39 is 12.1 Å². The first-order valence-electron chi connectivity index (χ1n) is 26.9. The molecular weight excluding hydrogens is 767 g/mol. The van der Waals surface area contributed by atoms with Crippen LogP contribution in [0.3, 0.4) is 0 Å². The first-order valence-corrected chi connectivity index (χ1v) is 26.9. The fourth-order valence-electron chi connectivity index (χ4n) is 7.94. The number of hydrogen-bond donors (Lipinski definition) is 3. The van der Waals surface area contributed by atoms with E-state index in [0.717, 1.165) is 96.3 Å². The van der Waals surface area contributed by atoms with Gasteiger partial charge in [-0.1, -0.05) is 217 Å². The van der Waals surface area contributed by atoms with Crippen LogP contribution in [0.25, 0.3) is 0 Å². The Balaban J connectivity index is 3.52. The molecule has 0 aliphatic carbocycles. The molecule has 6 nitrogen and oxygen atoms in total. The zero-order valence-electron chi connectivity index (χ0n) is 41.1. The minimum Gasteiger partial charge on any atom is -0.466 e. The lowest BCUT2D eigenvalue weighted by Crippen LogP contribution is -2.45. The third-order valence-corrected chi connectivity index (χ3v) is 12.1. The van der Waals surface area contributed by atoms with Gasteiger partial charge >= 0.3 is 5.97 Å². The Morgan fingerprint density at radius 2 is 0.839 bits per heavy atom. The van der Waals surface area contributed by atoms with Crippen molar-refractivity contribution in [1.82, 2.24) is 5.32 Å². The molecular formula is C56H103NO5. The second-order valence-electron chi connectivity index (χ2n) is 18.2. The van der Waals surface area contributed by atoms with E-state index in [9.17, 15) is 19.8 Å². The zero-order valence-corrected chi connectivity index (χ0v) is 41.1. The van der Waals surface area contributed by atoms with Crippen molar-refractivity contribution in [2.45, 2.75) is 283 Å². The number of carbonyl (C=O) groups excluding carboxylic acids is 2. The van der Waals surface area contributed by atoms with Crippen LogP contribution in [0.2, 0.25) is 0 Å².